The van der Waals surface area contributed by atoms with Crippen molar-refractivity contribution in [2.75, 3.05) is 20.0 Å². The van der Waals surface area contributed by atoms with Crippen molar-refractivity contribution in [1.82, 2.24) is 0 Å². The first-order valence-electron chi connectivity index (χ1n) is 6.68. The van der Waals surface area contributed by atoms with Crippen molar-refractivity contribution < 1.29 is 17.9 Å². The molecule has 2 rings (SSSR count). The summed E-state index contributed by atoms with van der Waals surface area (Å²) in [7, 11) is 0.0739. The van der Waals surface area contributed by atoms with Gasteiger partial charge in [-0.15, -0.1) is 0 Å². The summed E-state index contributed by atoms with van der Waals surface area (Å²) in [6.07, 6.45) is 2.36. The molecule has 0 spiro atoms. The topological polar surface area (TPSA) is 52.6 Å². The quantitative estimate of drug-likeness (QED) is 0.665. The Labute approximate surface area is 142 Å². The molecule has 1 saturated heterocycles. The minimum absolute atomic E-state index is 0.263. The maximum atomic E-state index is 12.3. The van der Waals surface area contributed by atoms with Gasteiger partial charge < -0.3 is 9.47 Å². The van der Waals surface area contributed by atoms with Crippen LogP contribution in [0.2, 0.25) is 0 Å². The number of rotatable bonds is 4. The second-order valence-electron chi connectivity index (χ2n) is 5.01. The molecule has 0 amide bonds. The molecule has 1 fully saturated rings. The van der Waals surface area contributed by atoms with E-state index in [4.69, 9.17) is 9.47 Å². The van der Waals surface area contributed by atoms with Gasteiger partial charge in [0.1, 0.15) is 16.0 Å². The summed E-state index contributed by atoms with van der Waals surface area (Å²) >= 11 is 7.03. The third-order valence-electron chi connectivity index (χ3n) is 3.77. The molecule has 0 N–H and O–H groups in total. The van der Waals surface area contributed by atoms with Crippen molar-refractivity contribution in [2.45, 2.75) is 29.3 Å². The molecule has 21 heavy (non-hydrogen) atoms. The summed E-state index contributed by atoms with van der Waals surface area (Å²) in [6, 6.07) is 3.66. The lowest BCUT2D eigenvalue weighted by Gasteiger charge is -2.28. The van der Waals surface area contributed by atoms with Gasteiger partial charge in [0.2, 0.25) is 0 Å². The van der Waals surface area contributed by atoms with Gasteiger partial charge in [-0.25, -0.2) is 8.42 Å². The van der Waals surface area contributed by atoms with Crippen molar-refractivity contribution in [3.05, 3.63) is 22.2 Å². The van der Waals surface area contributed by atoms with E-state index in [1.807, 2.05) is 12.1 Å². The molecule has 118 valence electrons. The Balaban J connectivity index is 2.43. The Hall–Kier alpha value is -0.270. The van der Waals surface area contributed by atoms with E-state index in [2.05, 4.69) is 31.9 Å². The minimum atomic E-state index is -3.07. The van der Waals surface area contributed by atoms with Crippen LogP contribution in [-0.2, 0) is 9.84 Å². The predicted molar refractivity (Wildman–Crippen MR) is 90.3 cm³/mol. The zero-order chi connectivity index (χ0) is 15.6. The van der Waals surface area contributed by atoms with Crippen LogP contribution >= 0.6 is 31.9 Å². The second kappa shape index (κ2) is 6.87. The Bertz CT molecular complexity index is 616. The summed E-state index contributed by atoms with van der Waals surface area (Å²) in [5.41, 5.74) is 0.820. The molecule has 1 heterocycles. The van der Waals surface area contributed by atoms with Gasteiger partial charge in [0.15, 0.2) is 9.84 Å². The Morgan fingerprint density at radius 2 is 1.95 bits per heavy atom. The number of benzene rings is 1. The van der Waals surface area contributed by atoms with Gasteiger partial charge in [0.05, 0.1) is 30.0 Å². The molecule has 1 aliphatic heterocycles. The van der Waals surface area contributed by atoms with E-state index in [0.717, 1.165) is 18.4 Å². The van der Waals surface area contributed by atoms with Gasteiger partial charge in [-0.2, -0.15) is 0 Å². The molecule has 1 aliphatic rings. The highest BCUT2D eigenvalue weighted by molar-refractivity contribution is 9.10. The van der Waals surface area contributed by atoms with E-state index < -0.39 is 15.1 Å². The Kier molecular flexibility index (Phi) is 5.59. The molecule has 1 aromatic carbocycles. The summed E-state index contributed by atoms with van der Waals surface area (Å²) in [5, 5.41) is -0.416. The van der Waals surface area contributed by atoms with Gasteiger partial charge in [-0.05, 0) is 34.8 Å². The predicted octanol–water partition coefficient (Wildman–Crippen LogP) is 3.87. The monoisotopic (exact) mass is 440 g/mol. The maximum absolute atomic E-state index is 12.3. The van der Waals surface area contributed by atoms with Crippen LogP contribution in [-0.4, -0.2) is 33.6 Å². The van der Waals surface area contributed by atoms with Gasteiger partial charge in [0.25, 0.3) is 0 Å². The molecule has 4 nitrogen and oxygen atoms in total. The summed E-state index contributed by atoms with van der Waals surface area (Å²) < 4.78 is 36.0. The van der Waals surface area contributed by atoms with Crippen molar-refractivity contribution in [3.63, 3.8) is 0 Å². The van der Waals surface area contributed by atoms with Gasteiger partial charge >= 0.3 is 0 Å². The molecule has 7 heteroatoms. The van der Waals surface area contributed by atoms with E-state index in [1.54, 1.807) is 14.2 Å². The third kappa shape index (κ3) is 3.40. The van der Waals surface area contributed by atoms with Crippen molar-refractivity contribution in [3.8, 4) is 11.5 Å². The van der Waals surface area contributed by atoms with Crippen LogP contribution in [0.5, 0.6) is 11.5 Å². The van der Waals surface area contributed by atoms with Crippen LogP contribution in [0, 0.1) is 0 Å². The molecule has 0 radical (unpaired) electrons. The fraction of sp³-hybridized carbons (Fsp3) is 0.571. The number of halogens is 2. The van der Waals surface area contributed by atoms with E-state index in [-0.39, 0.29) is 10.6 Å². The van der Waals surface area contributed by atoms with Crippen molar-refractivity contribution in [2.24, 2.45) is 0 Å². The Morgan fingerprint density at radius 1 is 1.24 bits per heavy atom. The fourth-order valence-electron chi connectivity index (χ4n) is 2.64. The second-order valence-corrected chi connectivity index (χ2v) is 9.13. The smallest absolute Gasteiger partial charge is 0.154 e. The number of ether oxygens (including phenoxy) is 2. The molecule has 2 unspecified atom stereocenters. The largest absolute Gasteiger partial charge is 0.495 e. The van der Waals surface area contributed by atoms with Crippen LogP contribution in [0.4, 0.5) is 0 Å². The molecule has 0 bridgehead atoms. The Morgan fingerprint density at radius 3 is 2.52 bits per heavy atom. The standard InChI is InChI=1S/C14H18Br2O4S/c1-19-10-7-6-9(14(20-2)13(10)16)12(15)11-5-3-4-8-21(11,17)18/h6-7,11-12H,3-5,8H2,1-2H3. The van der Waals surface area contributed by atoms with E-state index >= 15 is 0 Å². The van der Waals surface area contributed by atoms with Crippen LogP contribution in [0.15, 0.2) is 16.6 Å². The number of hydrogen-bond donors (Lipinski definition) is 0. The van der Waals surface area contributed by atoms with E-state index in [0.29, 0.717) is 22.4 Å². The number of hydrogen-bond acceptors (Lipinski definition) is 4. The molecule has 2 atom stereocenters. The van der Waals surface area contributed by atoms with E-state index in [9.17, 15) is 8.42 Å². The normalized spacial score (nSPS) is 22.6. The van der Waals surface area contributed by atoms with Crippen molar-refractivity contribution in [1.29, 1.82) is 0 Å². The zero-order valence-electron chi connectivity index (χ0n) is 11.9. The van der Waals surface area contributed by atoms with Gasteiger partial charge in [0, 0.05) is 5.56 Å². The van der Waals surface area contributed by atoms with Crippen LogP contribution in [0.1, 0.15) is 29.7 Å². The first-order chi connectivity index (χ1) is 9.92. The lowest BCUT2D eigenvalue weighted by molar-refractivity contribution is 0.385. The highest BCUT2D eigenvalue weighted by atomic mass is 79.9. The first kappa shape index (κ1) is 17.1. The van der Waals surface area contributed by atoms with Gasteiger partial charge in [-0.1, -0.05) is 28.4 Å². The summed E-state index contributed by atoms with van der Waals surface area (Å²) in [4.78, 5) is -0.292. The van der Waals surface area contributed by atoms with E-state index in [1.165, 1.54) is 0 Å². The van der Waals surface area contributed by atoms with Crippen LogP contribution in [0.3, 0.4) is 0 Å². The van der Waals surface area contributed by atoms with Gasteiger partial charge in [-0.3, -0.25) is 0 Å². The molecular weight excluding hydrogens is 424 g/mol. The number of sulfone groups is 1. The first-order valence-corrected chi connectivity index (χ1v) is 10.1. The third-order valence-corrected chi connectivity index (χ3v) is 8.29. The average molecular weight is 442 g/mol. The SMILES string of the molecule is COc1ccc(C(Br)C2CCCCS2(=O)=O)c(OC)c1Br. The molecule has 0 aliphatic carbocycles. The molecule has 0 saturated carbocycles. The average Bonchev–Trinajstić information content (AvgIpc) is 2.45. The molecule has 1 aromatic rings. The fourth-order valence-corrected chi connectivity index (χ4v) is 6.89. The van der Waals surface area contributed by atoms with Crippen molar-refractivity contribution >= 4 is 41.7 Å². The minimum Gasteiger partial charge on any atom is -0.495 e. The molecular formula is C14H18Br2O4S. The number of methoxy groups -OCH3 is 2. The maximum Gasteiger partial charge on any atom is 0.154 e. The lowest BCUT2D eigenvalue weighted by Crippen LogP contribution is -2.31. The number of alkyl halides is 1. The summed E-state index contributed by atoms with van der Waals surface area (Å²) in [5.74, 6) is 1.53. The highest BCUT2D eigenvalue weighted by Gasteiger charge is 2.36. The lowest BCUT2D eigenvalue weighted by atomic mass is 10.0. The van der Waals surface area contributed by atoms with Crippen LogP contribution in [0.25, 0.3) is 0 Å². The summed E-state index contributed by atoms with van der Waals surface area (Å²) in [6.45, 7) is 0. The van der Waals surface area contributed by atoms with Crippen LogP contribution < -0.4 is 9.47 Å². The molecule has 0 aromatic heterocycles. The highest BCUT2D eigenvalue weighted by Crippen LogP contribution is 2.45. The zero-order valence-corrected chi connectivity index (χ0v) is 15.9.